The molecular weight excluding hydrogens is 546 g/mol. The quantitative estimate of drug-likeness (QED) is 0.409. The van der Waals surface area contributed by atoms with E-state index in [1.807, 2.05) is 62.4 Å². The van der Waals surface area contributed by atoms with Crippen molar-refractivity contribution < 1.29 is 19.5 Å². The molecular formula is C34H41N3O4S. The molecule has 3 aliphatic rings. The Kier molecular flexibility index (Phi) is 8.16. The second-order valence-electron chi connectivity index (χ2n) is 12.1. The van der Waals surface area contributed by atoms with Crippen molar-refractivity contribution in [1.82, 2.24) is 9.80 Å². The molecule has 3 amide bonds. The lowest BCUT2D eigenvalue weighted by Crippen LogP contribution is -2.56. The minimum absolute atomic E-state index is 0.101. The minimum atomic E-state index is -0.874. The van der Waals surface area contributed by atoms with Crippen LogP contribution in [0.25, 0.3) is 0 Å². The van der Waals surface area contributed by atoms with E-state index in [0.29, 0.717) is 13.0 Å². The van der Waals surface area contributed by atoms with Gasteiger partial charge in [0.1, 0.15) is 6.04 Å². The first kappa shape index (κ1) is 30.1. The Hall–Kier alpha value is -3.36. The predicted octanol–water partition coefficient (Wildman–Crippen LogP) is 4.68. The third-order valence-electron chi connectivity index (χ3n) is 9.47. The Morgan fingerprint density at radius 2 is 1.69 bits per heavy atom. The molecule has 1 spiro atoms. The molecule has 0 aliphatic carbocycles. The monoisotopic (exact) mass is 587 g/mol. The number of hydrogen-bond donors (Lipinski definition) is 1. The van der Waals surface area contributed by atoms with Crippen LogP contribution in [0.2, 0.25) is 0 Å². The van der Waals surface area contributed by atoms with Crippen molar-refractivity contribution >= 4 is 35.2 Å². The van der Waals surface area contributed by atoms with Gasteiger partial charge in [0.25, 0.3) is 5.91 Å². The summed E-state index contributed by atoms with van der Waals surface area (Å²) in [5, 5.41) is 10.8. The number of fused-ring (bicyclic) bond motifs is 1. The smallest absolute Gasteiger partial charge is 0.251 e. The summed E-state index contributed by atoms with van der Waals surface area (Å²) in [6.07, 6.45) is 4.74. The highest BCUT2D eigenvalue weighted by atomic mass is 32.2. The molecule has 5 rings (SSSR count). The molecule has 3 aliphatic heterocycles. The van der Waals surface area contributed by atoms with Gasteiger partial charge in [0.05, 0.1) is 29.2 Å². The van der Waals surface area contributed by atoms with Crippen LogP contribution in [0.1, 0.15) is 42.5 Å². The van der Waals surface area contributed by atoms with E-state index < -0.39 is 33.4 Å². The van der Waals surface area contributed by atoms with Crippen LogP contribution in [0.15, 0.2) is 73.8 Å². The predicted molar refractivity (Wildman–Crippen MR) is 168 cm³/mol. The molecule has 42 heavy (non-hydrogen) atoms. The fourth-order valence-corrected chi connectivity index (χ4v) is 10.0. The lowest BCUT2D eigenvalue weighted by atomic mass is 9.66. The van der Waals surface area contributed by atoms with Crippen LogP contribution in [0.5, 0.6) is 0 Å². The van der Waals surface area contributed by atoms with E-state index in [1.165, 1.54) is 0 Å². The second-order valence-corrected chi connectivity index (χ2v) is 14.0. The number of carbonyl (C=O) groups is 3. The van der Waals surface area contributed by atoms with Gasteiger partial charge >= 0.3 is 0 Å². The van der Waals surface area contributed by atoms with Gasteiger partial charge in [-0.25, -0.2) is 0 Å². The van der Waals surface area contributed by atoms with Crippen LogP contribution in [-0.2, 0) is 14.4 Å². The Labute approximate surface area is 253 Å². The molecule has 0 saturated carbocycles. The zero-order valence-electron chi connectivity index (χ0n) is 25.0. The molecule has 3 heterocycles. The highest BCUT2D eigenvalue weighted by Gasteiger charge is 2.78. The SMILES string of the molecule is C=CCN(C)C(=O)[C@@H]1[C@H]2C(=O)N([C@H](CO)c3ccccc3)C(C(=O)N(CC=C)c3c(C)cccc3C)C23CC[C@@]1(C)S3. The van der Waals surface area contributed by atoms with Crippen LogP contribution >= 0.6 is 11.8 Å². The number of aliphatic hydroxyl groups excluding tert-OH is 1. The molecule has 6 atom stereocenters. The highest BCUT2D eigenvalue weighted by Crippen LogP contribution is 2.72. The maximum absolute atomic E-state index is 15.1. The number of anilines is 1. The molecule has 0 radical (unpaired) electrons. The number of thioether (sulfide) groups is 1. The van der Waals surface area contributed by atoms with Gasteiger partial charge in [-0.3, -0.25) is 14.4 Å². The third kappa shape index (κ3) is 4.51. The largest absolute Gasteiger partial charge is 0.394 e. The van der Waals surface area contributed by atoms with Gasteiger partial charge in [0.15, 0.2) is 0 Å². The molecule has 2 unspecified atom stereocenters. The van der Waals surface area contributed by atoms with E-state index in [4.69, 9.17) is 0 Å². The average Bonchev–Trinajstić information content (AvgIpc) is 3.54. The van der Waals surface area contributed by atoms with E-state index >= 15 is 4.79 Å². The molecule has 0 aromatic heterocycles. The molecule has 2 bridgehead atoms. The number of para-hydroxylation sites is 1. The number of aryl methyl sites for hydroxylation is 2. The van der Waals surface area contributed by atoms with Crippen molar-refractivity contribution in [3.8, 4) is 0 Å². The van der Waals surface area contributed by atoms with E-state index in [0.717, 1.165) is 28.8 Å². The minimum Gasteiger partial charge on any atom is -0.394 e. The third-order valence-corrected chi connectivity index (χ3v) is 11.5. The fourth-order valence-electron chi connectivity index (χ4n) is 7.70. The molecule has 222 valence electrons. The molecule has 2 aromatic rings. The first-order valence-corrected chi connectivity index (χ1v) is 15.4. The van der Waals surface area contributed by atoms with Crippen LogP contribution < -0.4 is 4.90 Å². The van der Waals surface area contributed by atoms with Crippen molar-refractivity contribution in [2.75, 3.05) is 31.6 Å². The first-order valence-electron chi connectivity index (χ1n) is 14.6. The Bertz CT molecular complexity index is 1390. The van der Waals surface area contributed by atoms with Gasteiger partial charge in [0, 0.05) is 30.6 Å². The second kappa shape index (κ2) is 11.4. The Balaban J connectivity index is 1.70. The first-order chi connectivity index (χ1) is 20.1. The van der Waals surface area contributed by atoms with Gasteiger partial charge in [-0.15, -0.1) is 24.9 Å². The summed E-state index contributed by atoms with van der Waals surface area (Å²) in [5.74, 6) is -1.82. The van der Waals surface area contributed by atoms with E-state index in [2.05, 4.69) is 20.1 Å². The Morgan fingerprint density at radius 3 is 2.29 bits per heavy atom. The van der Waals surface area contributed by atoms with Crippen LogP contribution in [0, 0.1) is 25.7 Å². The lowest BCUT2D eigenvalue weighted by molar-refractivity contribution is -0.146. The van der Waals surface area contributed by atoms with Crippen molar-refractivity contribution in [3.05, 3.63) is 90.5 Å². The van der Waals surface area contributed by atoms with Gasteiger partial charge in [0.2, 0.25) is 11.8 Å². The van der Waals surface area contributed by atoms with Crippen molar-refractivity contribution in [2.45, 2.75) is 55.2 Å². The maximum atomic E-state index is 15.1. The number of likely N-dealkylation sites (N-methyl/N-ethyl adjacent to an activating group) is 1. The van der Waals surface area contributed by atoms with Crippen LogP contribution in [0.3, 0.4) is 0 Å². The number of amides is 3. The number of hydrogen-bond acceptors (Lipinski definition) is 5. The van der Waals surface area contributed by atoms with Gasteiger partial charge < -0.3 is 19.8 Å². The highest BCUT2D eigenvalue weighted by molar-refractivity contribution is 8.02. The number of carbonyl (C=O) groups excluding carboxylic acids is 3. The zero-order valence-corrected chi connectivity index (χ0v) is 25.8. The summed E-state index contributed by atoms with van der Waals surface area (Å²) in [7, 11) is 1.74. The average molecular weight is 588 g/mol. The molecule has 7 nitrogen and oxygen atoms in total. The number of benzene rings is 2. The molecule has 3 fully saturated rings. The van der Waals surface area contributed by atoms with Gasteiger partial charge in [-0.1, -0.05) is 60.7 Å². The lowest BCUT2D eigenvalue weighted by Gasteiger charge is -2.40. The van der Waals surface area contributed by atoms with Crippen molar-refractivity contribution in [1.29, 1.82) is 0 Å². The van der Waals surface area contributed by atoms with Gasteiger partial charge in [-0.2, -0.15) is 0 Å². The summed E-state index contributed by atoms with van der Waals surface area (Å²) in [6, 6.07) is 13.7. The topological polar surface area (TPSA) is 81.2 Å². The molecule has 8 heteroatoms. The summed E-state index contributed by atoms with van der Waals surface area (Å²) < 4.78 is -1.29. The molecule has 3 saturated heterocycles. The standard InChI is InChI=1S/C34H41N3O4S/c1-7-19-35(6)30(39)26-27-31(40)37(25(21-38)24-15-10-9-11-16-24)29(34(27)18-17-33(26,5)42-34)32(41)36(20-8-2)28-22(3)13-12-14-23(28)4/h7-16,25-27,29,38H,1-2,17-21H2,3-6H3/t25-,26+,27+,29?,33-,34?/m1/s1. The summed E-state index contributed by atoms with van der Waals surface area (Å²) in [5.41, 5.74) is 3.46. The van der Waals surface area contributed by atoms with Gasteiger partial charge in [-0.05, 0) is 50.3 Å². The van der Waals surface area contributed by atoms with Crippen molar-refractivity contribution in [2.24, 2.45) is 11.8 Å². The number of rotatable bonds is 10. The van der Waals surface area contributed by atoms with Crippen LogP contribution in [0.4, 0.5) is 5.69 Å². The van der Waals surface area contributed by atoms with Crippen molar-refractivity contribution in [3.63, 3.8) is 0 Å². The van der Waals surface area contributed by atoms with E-state index in [-0.39, 0.29) is 30.9 Å². The summed E-state index contributed by atoms with van der Waals surface area (Å²) in [4.78, 5) is 48.8. The fraction of sp³-hybridized carbons (Fsp3) is 0.441. The zero-order chi connectivity index (χ0) is 30.4. The molecule has 1 N–H and O–H groups in total. The maximum Gasteiger partial charge on any atom is 0.251 e. The molecule has 2 aromatic carbocycles. The van der Waals surface area contributed by atoms with E-state index in [9.17, 15) is 14.7 Å². The number of likely N-dealkylation sites (tertiary alicyclic amines) is 1. The normalized spacial score (nSPS) is 28.4. The number of nitrogens with zero attached hydrogens (tertiary/aromatic N) is 3. The summed E-state index contributed by atoms with van der Waals surface area (Å²) in [6.45, 7) is 14.1. The number of aliphatic hydroxyl groups is 1. The summed E-state index contributed by atoms with van der Waals surface area (Å²) >= 11 is 1.64. The Morgan fingerprint density at radius 1 is 1.05 bits per heavy atom. The van der Waals surface area contributed by atoms with Crippen LogP contribution in [-0.4, -0.2) is 74.9 Å². The van der Waals surface area contributed by atoms with E-state index in [1.54, 1.807) is 45.7 Å².